The quantitative estimate of drug-likeness (QED) is 0.533. The second kappa shape index (κ2) is 10.4. The number of nitrogens with two attached hydrogens (primary N) is 1. The fourth-order valence-corrected chi connectivity index (χ4v) is 3.53. The Balaban J connectivity index is 1.83. The molecule has 1 saturated heterocycles. The van der Waals surface area contributed by atoms with Crippen molar-refractivity contribution in [2.75, 3.05) is 32.7 Å². The number of rotatable bonds is 9. The number of likely N-dealkylation sites (tertiary alicyclic amines) is 1. The van der Waals surface area contributed by atoms with E-state index in [1.165, 1.54) is 30.5 Å². The van der Waals surface area contributed by atoms with Crippen molar-refractivity contribution >= 4 is 5.96 Å². The molecule has 25 heavy (non-hydrogen) atoms. The van der Waals surface area contributed by atoms with Crippen molar-refractivity contribution in [2.24, 2.45) is 10.7 Å². The van der Waals surface area contributed by atoms with Gasteiger partial charge in [0.15, 0.2) is 5.96 Å². The third-order valence-electron chi connectivity index (χ3n) is 5.15. The summed E-state index contributed by atoms with van der Waals surface area (Å²) >= 11 is 0. The first-order valence-electron chi connectivity index (χ1n) is 9.74. The van der Waals surface area contributed by atoms with Crippen LogP contribution in [-0.4, -0.2) is 54.5 Å². The number of benzene rings is 1. The van der Waals surface area contributed by atoms with E-state index in [4.69, 9.17) is 5.73 Å². The van der Waals surface area contributed by atoms with Crippen LogP contribution in [0.25, 0.3) is 0 Å². The minimum Gasteiger partial charge on any atom is -0.370 e. The summed E-state index contributed by atoms with van der Waals surface area (Å²) in [5.74, 6) is 0.553. The Bertz CT molecular complexity index is 539. The van der Waals surface area contributed by atoms with E-state index in [0.717, 1.165) is 32.7 Å². The Hall–Kier alpha value is -1.59. The largest absolute Gasteiger partial charge is 0.370 e. The molecule has 3 N–H and O–H groups in total. The van der Waals surface area contributed by atoms with Crippen molar-refractivity contribution in [3.63, 3.8) is 0 Å². The molecule has 1 aromatic carbocycles. The van der Waals surface area contributed by atoms with Crippen molar-refractivity contribution in [3.05, 3.63) is 35.4 Å². The summed E-state index contributed by atoms with van der Waals surface area (Å²) in [4.78, 5) is 9.44. The lowest BCUT2D eigenvalue weighted by Crippen LogP contribution is -2.42. The maximum atomic E-state index is 6.06. The van der Waals surface area contributed by atoms with Gasteiger partial charge in [0.05, 0.1) is 6.54 Å². The predicted octanol–water partition coefficient (Wildman–Crippen LogP) is 2.42. The zero-order valence-electron chi connectivity index (χ0n) is 16.2. The van der Waals surface area contributed by atoms with Gasteiger partial charge in [-0.15, -0.1) is 0 Å². The van der Waals surface area contributed by atoms with Gasteiger partial charge in [-0.1, -0.05) is 45.0 Å². The highest BCUT2D eigenvalue weighted by Crippen LogP contribution is 2.15. The molecule has 0 aromatic heterocycles. The molecule has 140 valence electrons. The minimum absolute atomic E-state index is 0.553. The molecule has 1 aliphatic rings. The second-order valence-corrected chi connectivity index (χ2v) is 6.79. The van der Waals surface area contributed by atoms with E-state index < -0.39 is 0 Å². The Morgan fingerprint density at radius 3 is 2.76 bits per heavy atom. The van der Waals surface area contributed by atoms with Crippen molar-refractivity contribution in [1.29, 1.82) is 0 Å². The second-order valence-electron chi connectivity index (χ2n) is 6.79. The van der Waals surface area contributed by atoms with Crippen LogP contribution in [0.5, 0.6) is 0 Å². The Labute approximate surface area is 153 Å². The van der Waals surface area contributed by atoms with E-state index in [2.05, 4.69) is 65.1 Å². The SMILES string of the molecule is CCN(CC)Cc1cccc(CN=C(N)NCC2CCCN2CC)c1. The van der Waals surface area contributed by atoms with Gasteiger partial charge in [-0.25, -0.2) is 4.99 Å². The van der Waals surface area contributed by atoms with Gasteiger partial charge in [0.25, 0.3) is 0 Å². The van der Waals surface area contributed by atoms with E-state index >= 15 is 0 Å². The molecular formula is C20H35N5. The Morgan fingerprint density at radius 1 is 1.28 bits per heavy atom. The van der Waals surface area contributed by atoms with Crippen molar-refractivity contribution in [2.45, 2.75) is 52.7 Å². The van der Waals surface area contributed by atoms with E-state index in [1.807, 2.05) is 0 Å². The number of hydrogen-bond acceptors (Lipinski definition) is 3. The van der Waals surface area contributed by atoms with Gasteiger partial charge in [-0.3, -0.25) is 9.80 Å². The molecule has 0 spiro atoms. The smallest absolute Gasteiger partial charge is 0.188 e. The lowest BCUT2D eigenvalue weighted by atomic mass is 10.1. The first kappa shape index (κ1) is 19.7. The van der Waals surface area contributed by atoms with Crippen molar-refractivity contribution < 1.29 is 0 Å². The van der Waals surface area contributed by atoms with Crippen LogP contribution in [-0.2, 0) is 13.1 Å². The zero-order valence-corrected chi connectivity index (χ0v) is 16.2. The molecule has 1 heterocycles. The maximum absolute atomic E-state index is 6.06. The number of hydrogen-bond donors (Lipinski definition) is 2. The molecule has 5 nitrogen and oxygen atoms in total. The van der Waals surface area contributed by atoms with E-state index in [9.17, 15) is 0 Å². The van der Waals surface area contributed by atoms with Gasteiger partial charge in [0, 0.05) is 19.1 Å². The molecule has 0 saturated carbocycles. The van der Waals surface area contributed by atoms with Gasteiger partial charge < -0.3 is 11.1 Å². The predicted molar refractivity (Wildman–Crippen MR) is 107 cm³/mol. The standard InChI is InChI=1S/C20H35N5/c1-4-24(5-2)16-18-10-7-9-17(13-18)14-22-20(21)23-15-19-11-8-12-25(19)6-3/h7,9-10,13,19H,4-6,8,11-12,14-16H2,1-3H3,(H3,21,22,23). The average molecular weight is 346 g/mol. The minimum atomic E-state index is 0.553. The van der Waals surface area contributed by atoms with Crippen molar-refractivity contribution in [3.8, 4) is 0 Å². The van der Waals surface area contributed by atoms with Gasteiger partial charge >= 0.3 is 0 Å². The molecule has 0 aliphatic carbocycles. The summed E-state index contributed by atoms with van der Waals surface area (Å²) in [7, 11) is 0. The maximum Gasteiger partial charge on any atom is 0.188 e. The van der Waals surface area contributed by atoms with Gasteiger partial charge in [0.2, 0.25) is 0 Å². The Morgan fingerprint density at radius 2 is 2.04 bits per heavy atom. The van der Waals surface area contributed by atoms with Crippen molar-refractivity contribution in [1.82, 2.24) is 15.1 Å². The van der Waals surface area contributed by atoms with E-state index in [0.29, 0.717) is 18.5 Å². The fourth-order valence-electron chi connectivity index (χ4n) is 3.53. The molecule has 1 fully saturated rings. The normalized spacial score (nSPS) is 18.9. The molecule has 1 aromatic rings. The summed E-state index contributed by atoms with van der Waals surface area (Å²) < 4.78 is 0. The number of likely N-dealkylation sites (N-methyl/N-ethyl adjacent to an activating group) is 1. The average Bonchev–Trinajstić information content (AvgIpc) is 3.10. The van der Waals surface area contributed by atoms with Crippen LogP contribution >= 0.6 is 0 Å². The van der Waals surface area contributed by atoms with Crippen LogP contribution in [0.15, 0.2) is 29.3 Å². The van der Waals surface area contributed by atoms with Crippen LogP contribution in [0.3, 0.4) is 0 Å². The number of guanidine groups is 1. The fraction of sp³-hybridized carbons (Fsp3) is 0.650. The summed E-state index contributed by atoms with van der Waals surface area (Å²) in [5, 5.41) is 3.30. The molecule has 1 atom stereocenters. The summed E-state index contributed by atoms with van der Waals surface area (Å²) in [6, 6.07) is 9.26. The molecule has 2 rings (SSSR count). The van der Waals surface area contributed by atoms with Crippen LogP contribution in [0, 0.1) is 0 Å². The van der Waals surface area contributed by atoms with Crippen LogP contribution in [0.2, 0.25) is 0 Å². The molecule has 1 unspecified atom stereocenters. The number of nitrogens with one attached hydrogen (secondary N) is 1. The number of nitrogens with zero attached hydrogens (tertiary/aromatic N) is 3. The van der Waals surface area contributed by atoms with E-state index in [1.54, 1.807) is 0 Å². The number of aliphatic imine (C=N–C) groups is 1. The highest BCUT2D eigenvalue weighted by atomic mass is 15.2. The van der Waals surface area contributed by atoms with Gasteiger partial charge in [-0.2, -0.15) is 0 Å². The zero-order chi connectivity index (χ0) is 18.1. The summed E-state index contributed by atoms with van der Waals surface area (Å²) in [5.41, 5.74) is 8.61. The summed E-state index contributed by atoms with van der Waals surface area (Å²) in [6.07, 6.45) is 2.54. The molecule has 0 radical (unpaired) electrons. The molecule has 0 amide bonds. The van der Waals surface area contributed by atoms with Crippen LogP contribution < -0.4 is 11.1 Å². The highest BCUT2D eigenvalue weighted by molar-refractivity contribution is 5.77. The lowest BCUT2D eigenvalue weighted by molar-refractivity contribution is 0.267. The molecular weight excluding hydrogens is 310 g/mol. The van der Waals surface area contributed by atoms with E-state index in [-0.39, 0.29) is 0 Å². The first-order valence-corrected chi connectivity index (χ1v) is 9.74. The topological polar surface area (TPSA) is 56.9 Å². The highest BCUT2D eigenvalue weighted by Gasteiger charge is 2.22. The Kier molecular flexibility index (Phi) is 8.22. The summed E-state index contributed by atoms with van der Waals surface area (Å²) in [6.45, 7) is 13.6. The lowest BCUT2D eigenvalue weighted by Gasteiger charge is -2.23. The first-order chi connectivity index (χ1) is 12.2. The molecule has 5 heteroatoms. The molecule has 1 aliphatic heterocycles. The third kappa shape index (κ3) is 6.33. The van der Waals surface area contributed by atoms with Gasteiger partial charge in [-0.05, 0) is 50.1 Å². The third-order valence-corrected chi connectivity index (χ3v) is 5.15. The van der Waals surface area contributed by atoms with Crippen LogP contribution in [0.1, 0.15) is 44.7 Å². The monoisotopic (exact) mass is 345 g/mol. The molecule has 0 bridgehead atoms. The van der Waals surface area contributed by atoms with Gasteiger partial charge in [0.1, 0.15) is 0 Å². The van der Waals surface area contributed by atoms with Crippen LogP contribution in [0.4, 0.5) is 0 Å².